The number of fused-ring (bicyclic) bond motifs is 1. The smallest absolute Gasteiger partial charge is 0.204 e. The maximum Gasteiger partial charge on any atom is 0.204 e. The average Bonchev–Trinajstić information content (AvgIpc) is 2.88. The third kappa shape index (κ3) is 3.16. The fourth-order valence-corrected chi connectivity index (χ4v) is 2.58. The van der Waals surface area contributed by atoms with Crippen LogP contribution >= 0.6 is 0 Å². The fraction of sp³-hybridized carbons (Fsp3) is 0.533. The highest BCUT2D eigenvalue weighted by Crippen LogP contribution is 2.21. The Morgan fingerprint density at radius 3 is 3.19 bits per heavy atom. The minimum Gasteiger partial charge on any atom is -0.377 e. The largest absolute Gasteiger partial charge is 0.377 e. The lowest BCUT2D eigenvalue weighted by atomic mass is 10.2. The van der Waals surface area contributed by atoms with E-state index in [4.69, 9.17) is 4.74 Å². The third-order valence-electron chi connectivity index (χ3n) is 3.69. The van der Waals surface area contributed by atoms with E-state index in [2.05, 4.69) is 34.0 Å². The zero-order valence-electron chi connectivity index (χ0n) is 12.4. The molecule has 5 nitrogen and oxygen atoms in total. The van der Waals surface area contributed by atoms with E-state index in [-0.39, 0.29) is 11.9 Å². The van der Waals surface area contributed by atoms with Crippen molar-refractivity contribution in [2.75, 3.05) is 31.2 Å². The highest BCUT2D eigenvalue weighted by molar-refractivity contribution is 5.77. The zero-order chi connectivity index (χ0) is 14.8. The van der Waals surface area contributed by atoms with Gasteiger partial charge in [0, 0.05) is 19.1 Å². The standard InChI is InChI=1S/C15H21FN4O/c1-10(2)17-8-12-9-21-6-5-20(12)15-18-13-4-3-11(16)7-14(13)19-15/h3-4,7,10,12,17H,5-6,8-9H2,1-2H3,(H,18,19). The van der Waals surface area contributed by atoms with Crippen LogP contribution in [0.4, 0.5) is 10.3 Å². The SMILES string of the molecule is CC(C)NCC1COCCN1c1nc2ccc(F)cc2[nH]1. The number of ether oxygens (including phenoxy) is 1. The first kappa shape index (κ1) is 14.3. The number of benzene rings is 1. The molecule has 1 aromatic carbocycles. The summed E-state index contributed by atoms with van der Waals surface area (Å²) in [4.78, 5) is 10.00. The van der Waals surface area contributed by atoms with Gasteiger partial charge in [0.1, 0.15) is 5.82 Å². The van der Waals surface area contributed by atoms with Crippen molar-refractivity contribution >= 4 is 17.0 Å². The topological polar surface area (TPSA) is 53.2 Å². The monoisotopic (exact) mass is 292 g/mol. The normalized spacial score (nSPS) is 19.6. The Labute approximate surface area is 123 Å². The van der Waals surface area contributed by atoms with Crippen LogP contribution in [0.1, 0.15) is 13.8 Å². The van der Waals surface area contributed by atoms with Crippen LogP contribution in [0.15, 0.2) is 18.2 Å². The van der Waals surface area contributed by atoms with Gasteiger partial charge in [0.05, 0.1) is 30.3 Å². The van der Waals surface area contributed by atoms with Crippen molar-refractivity contribution in [3.63, 3.8) is 0 Å². The van der Waals surface area contributed by atoms with Crippen LogP contribution in [0, 0.1) is 5.82 Å². The Morgan fingerprint density at radius 2 is 2.38 bits per heavy atom. The van der Waals surface area contributed by atoms with Crippen LogP contribution in [0.2, 0.25) is 0 Å². The first-order chi connectivity index (χ1) is 10.1. The summed E-state index contributed by atoms with van der Waals surface area (Å²) in [6, 6.07) is 5.27. The molecule has 1 atom stereocenters. The highest BCUT2D eigenvalue weighted by Gasteiger charge is 2.25. The van der Waals surface area contributed by atoms with Gasteiger partial charge in [-0.1, -0.05) is 13.8 Å². The second-order valence-corrected chi connectivity index (χ2v) is 5.71. The molecule has 2 N–H and O–H groups in total. The Balaban J connectivity index is 1.83. The molecule has 1 aliphatic heterocycles. The van der Waals surface area contributed by atoms with Crippen molar-refractivity contribution < 1.29 is 9.13 Å². The van der Waals surface area contributed by atoms with Gasteiger partial charge in [-0.2, -0.15) is 0 Å². The van der Waals surface area contributed by atoms with Gasteiger partial charge in [0.15, 0.2) is 0 Å². The lowest BCUT2D eigenvalue weighted by Crippen LogP contribution is -2.51. The lowest BCUT2D eigenvalue weighted by Gasteiger charge is -2.36. The van der Waals surface area contributed by atoms with Crippen LogP contribution in [-0.4, -0.2) is 48.4 Å². The zero-order valence-corrected chi connectivity index (χ0v) is 12.4. The molecule has 21 heavy (non-hydrogen) atoms. The van der Waals surface area contributed by atoms with Gasteiger partial charge in [-0.25, -0.2) is 9.37 Å². The number of rotatable bonds is 4. The predicted molar refractivity (Wildman–Crippen MR) is 81.1 cm³/mol. The number of morpholine rings is 1. The van der Waals surface area contributed by atoms with E-state index >= 15 is 0 Å². The average molecular weight is 292 g/mol. The van der Waals surface area contributed by atoms with E-state index < -0.39 is 0 Å². The summed E-state index contributed by atoms with van der Waals surface area (Å²) >= 11 is 0. The molecule has 1 fully saturated rings. The van der Waals surface area contributed by atoms with Crippen molar-refractivity contribution in [2.45, 2.75) is 25.9 Å². The maximum absolute atomic E-state index is 13.3. The van der Waals surface area contributed by atoms with E-state index in [1.54, 1.807) is 6.07 Å². The molecular formula is C15H21FN4O. The molecule has 1 saturated heterocycles. The van der Waals surface area contributed by atoms with E-state index in [0.717, 1.165) is 30.1 Å². The maximum atomic E-state index is 13.3. The molecule has 2 aromatic rings. The molecule has 3 rings (SSSR count). The van der Waals surface area contributed by atoms with E-state index in [1.807, 2.05) is 0 Å². The molecule has 1 unspecified atom stereocenters. The number of imidazole rings is 1. The third-order valence-corrected chi connectivity index (χ3v) is 3.69. The summed E-state index contributed by atoms with van der Waals surface area (Å²) in [5, 5.41) is 3.43. The lowest BCUT2D eigenvalue weighted by molar-refractivity contribution is 0.0924. The quantitative estimate of drug-likeness (QED) is 0.904. The van der Waals surface area contributed by atoms with Crippen LogP contribution in [0.25, 0.3) is 11.0 Å². The molecule has 1 aromatic heterocycles. The number of nitrogens with one attached hydrogen (secondary N) is 2. The molecule has 0 saturated carbocycles. The molecular weight excluding hydrogens is 271 g/mol. The van der Waals surface area contributed by atoms with Crippen molar-refractivity contribution in [3.8, 4) is 0 Å². The fourth-order valence-electron chi connectivity index (χ4n) is 2.58. The van der Waals surface area contributed by atoms with Crippen molar-refractivity contribution in [1.82, 2.24) is 15.3 Å². The summed E-state index contributed by atoms with van der Waals surface area (Å²) in [5.41, 5.74) is 1.51. The summed E-state index contributed by atoms with van der Waals surface area (Å²) in [6.07, 6.45) is 0. The molecule has 0 radical (unpaired) electrons. The number of aromatic nitrogens is 2. The second kappa shape index (κ2) is 5.99. The Hall–Kier alpha value is -1.66. The van der Waals surface area contributed by atoms with Gasteiger partial charge in [-0.05, 0) is 18.2 Å². The van der Waals surface area contributed by atoms with E-state index in [1.165, 1.54) is 12.1 Å². The molecule has 0 spiro atoms. The number of halogens is 1. The predicted octanol–water partition coefficient (Wildman–Crippen LogP) is 1.91. The first-order valence-corrected chi connectivity index (χ1v) is 7.36. The van der Waals surface area contributed by atoms with E-state index in [0.29, 0.717) is 19.3 Å². The molecule has 0 aliphatic carbocycles. The number of anilines is 1. The number of hydrogen-bond acceptors (Lipinski definition) is 4. The Kier molecular flexibility index (Phi) is 4.07. The van der Waals surface area contributed by atoms with E-state index in [9.17, 15) is 4.39 Å². The number of H-pyrrole nitrogens is 1. The number of nitrogens with zero attached hydrogens (tertiary/aromatic N) is 2. The summed E-state index contributed by atoms with van der Waals surface area (Å²) in [6.45, 7) is 7.22. The van der Waals surface area contributed by atoms with Crippen LogP contribution in [0.5, 0.6) is 0 Å². The molecule has 0 bridgehead atoms. The Morgan fingerprint density at radius 1 is 1.52 bits per heavy atom. The van der Waals surface area contributed by atoms with Gasteiger partial charge in [-0.3, -0.25) is 0 Å². The van der Waals surface area contributed by atoms with Gasteiger partial charge in [-0.15, -0.1) is 0 Å². The highest BCUT2D eigenvalue weighted by atomic mass is 19.1. The summed E-state index contributed by atoms with van der Waals surface area (Å²) < 4.78 is 18.9. The molecule has 114 valence electrons. The molecule has 2 heterocycles. The summed E-state index contributed by atoms with van der Waals surface area (Å²) in [5.74, 6) is 0.534. The minimum absolute atomic E-state index is 0.228. The van der Waals surface area contributed by atoms with Crippen LogP contribution < -0.4 is 10.2 Å². The molecule has 0 amide bonds. The minimum atomic E-state index is -0.252. The van der Waals surface area contributed by atoms with Gasteiger partial charge >= 0.3 is 0 Å². The summed E-state index contributed by atoms with van der Waals surface area (Å²) in [7, 11) is 0. The van der Waals surface area contributed by atoms with Crippen LogP contribution in [0.3, 0.4) is 0 Å². The molecule has 1 aliphatic rings. The van der Waals surface area contributed by atoms with Gasteiger partial charge in [0.2, 0.25) is 5.95 Å². The number of hydrogen-bond donors (Lipinski definition) is 2. The molecule has 6 heteroatoms. The Bertz CT molecular complexity index is 613. The van der Waals surface area contributed by atoms with Gasteiger partial charge in [0.25, 0.3) is 0 Å². The first-order valence-electron chi connectivity index (χ1n) is 7.36. The van der Waals surface area contributed by atoms with Gasteiger partial charge < -0.3 is 19.9 Å². The second-order valence-electron chi connectivity index (χ2n) is 5.71. The number of aromatic amines is 1. The van der Waals surface area contributed by atoms with Crippen molar-refractivity contribution in [2.24, 2.45) is 0 Å². The van der Waals surface area contributed by atoms with Crippen LogP contribution in [-0.2, 0) is 4.74 Å². The van der Waals surface area contributed by atoms with Crippen molar-refractivity contribution in [1.29, 1.82) is 0 Å². The van der Waals surface area contributed by atoms with Crippen molar-refractivity contribution in [3.05, 3.63) is 24.0 Å².